The lowest BCUT2D eigenvalue weighted by Crippen LogP contribution is -2.22. The van der Waals surface area contributed by atoms with Crippen molar-refractivity contribution in [3.8, 4) is 6.07 Å². The predicted molar refractivity (Wildman–Crippen MR) is 73.3 cm³/mol. The lowest BCUT2D eigenvalue weighted by Gasteiger charge is -2.15. The largest absolute Gasteiger partial charge is 0.378 e. The van der Waals surface area contributed by atoms with Crippen LogP contribution in [0.15, 0.2) is 18.2 Å². The van der Waals surface area contributed by atoms with Crippen LogP contribution >= 0.6 is 23.2 Å². The van der Waals surface area contributed by atoms with E-state index in [1.807, 2.05) is 13.0 Å². The molecule has 1 aromatic rings. The zero-order valence-electron chi connectivity index (χ0n) is 10.4. The van der Waals surface area contributed by atoms with E-state index in [1.165, 1.54) is 0 Å². The molecule has 1 aliphatic rings. The maximum absolute atomic E-state index is 12.4. The summed E-state index contributed by atoms with van der Waals surface area (Å²) in [6.07, 6.45) is 0.689. The molecule has 0 saturated carbocycles. The van der Waals surface area contributed by atoms with E-state index in [0.717, 1.165) is 0 Å². The monoisotopic (exact) mass is 297 g/mol. The van der Waals surface area contributed by atoms with E-state index < -0.39 is 5.92 Å². The second kappa shape index (κ2) is 5.92. The van der Waals surface area contributed by atoms with Crippen LogP contribution < -0.4 is 0 Å². The topological polar surface area (TPSA) is 50.1 Å². The van der Waals surface area contributed by atoms with E-state index in [1.54, 1.807) is 18.2 Å². The van der Waals surface area contributed by atoms with E-state index in [4.69, 9.17) is 27.9 Å². The standard InChI is InChI=1S/C14H13Cl2NO2/c1-8-5-9(7-19-8)14(18)10(6-17)13-11(15)3-2-4-12(13)16/h2-4,8-10H,5,7H2,1H3. The molecule has 19 heavy (non-hydrogen) atoms. The summed E-state index contributed by atoms with van der Waals surface area (Å²) < 4.78 is 5.38. The molecular formula is C14H13Cl2NO2. The molecule has 0 aliphatic carbocycles. The van der Waals surface area contributed by atoms with Gasteiger partial charge in [-0.2, -0.15) is 5.26 Å². The van der Waals surface area contributed by atoms with E-state index in [9.17, 15) is 10.1 Å². The fourth-order valence-electron chi connectivity index (χ4n) is 2.31. The molecule has 0 spiro atoms. The van der Waals surface area contributed by atoms with Crippen molar-refractivity contribution in [3.05, 3.63) is 33.8 Å². The number of rotatable bonds is 3. The van der Waals surface area contributed by atoms with Crippen molar-refractivity contribution in [2.45, 2.75) is 25.4 Å². The molecular weight excluding hydrogens is 285 g/mol. The number of nitrogens with zero attached hydrogens (tertiary/aromatic N) is 1. The zero-order chi connectivity index (χ0) is 14.0. The van der Waals surface area contributed by atoms with Gasteiger partial charge < -0.3 is 4.74 Å². The van der Waals surface area contributed by atoms with Gasteiger partial charge in [0.05, 0.1) is 18.8 Å². The van der Waals surface area contributed by atoms with Crippen molar-refractivity contribution in [3.63, 3.8) is 0 Å². The molecule has 3 unspecified atom stereocenters. The molecule has 3 atom stereocenters. The van der Waals surface area contributed by atoms with Crippen LogP contribution in [0.25, 0.3) is 0 Å². The summed E-state index contributed by atoms with van der Waals surface area (Å²) in [5, 5.41) is 9.99. The van der Waals surface area contributed by atoms with Gasteiger partial charge in [0.15, 0.2) is 5.78 Å². The van der Waals surface area contributed by atoms with Gasteiger partial charge in [-0.1, -0.05) is 29.3 Å². The predicted octanol–water partition coefficient (Wildman–Crippen LogP) is 3.59. The Hall–Kier alpha value is -1.08. The molecule has 0 bridgehead atoms. The molecule has 0 N–H and O–H groups in total. The summed E-state index contributed by atoms with van der Waals surface area (Å²) in [4.78, 5) is 12.4. The maximum Gasteiger partial charge on any atom is 0.160 e. The number of carbonyl (C=O) groups excluding carboxylic acids is 1. The fourth-order valence-corrected chi connectivity index (χ4v) is 2.92. The van der Waals surface area contributed by atoms with Gasteiger partial charge >= 0.3 is 0 Å². The SMILES string of the molecule is CC1CC(C(=O)C(C#N)c2c(Cl)cccc2Cl)CO1. The number of carbonyl (C=O) groups is 1. The smallest absolute Gasteiger partial charge is 0.160 e. The average molecular weight is 298 g/mol. The number of hydrogen-bond donors (Lipinski definition) is 0. The minimum Gasteiger partial charge on any atom is -0.378 e. The highest BCUT2D eigenvalue weighted by atomic mass is 35.5. The fraction of sp³-hybridized carbons (Fsp3) is 0.429. The summed E-state index contributed by atoms with van der Waals surface area (Å²) in [6.45, 7) is 2.28. The van der Waals surface area contributed by atoms with Gasteiger partial charge in [0.2, 0.25) is 0 Å². The van der Waals surface area contributed by atoms with Gasteiger partial charge in [-0.3, -0.25) is 4.79 Å². The molecule has 2 rings (SSSR count). The Morgan fingerprint density at radius 2 is 2.11 bits per heavy atom. The highest BCUT2D eigenvalue weighted by Gasteiger charge is 2.35. The Kier molecular flexibility index (Phi) is 4.46. The first kappa shape index (κ1) is 14.3. The van der Waals surface area contributed by atoms with Crippen LogP contribution in [0.4, 0.5) is 0 Å². The second-order valence-corrected chi connectivity index (χ2v) is 5.49. The minimum atomic E-state index is -0.930. The van der Waals surface area contributed by atoms with E-state index in [0.29, 0.717) is 28.6 Å². The molecule has 3 nitrogen and oxygen atoms in total. The second-order valence-electron chi connectivity index (χ2n) is 4.68. The maximum atomic E-state index is 12.4. The molecule has 100 valence electrons. The Morgan fingerprint density at radius 1 is 1.47 bits per heavy atom. The summed E-state index contributed by atoms with van der Waals surface area (Å²) >= 11 is 12.1. The molecule has 1 saturated heterocycles. The third-order valence-corrected chi connectivity index (χ3v) is 3.96. The van der Waals surface area contributed by atoms with Crippen molar-refractivity contribution >= 4 is 29.0 Å². The first-order valence-electron chi connectivity index (χ1n) is 6.03. The van der Waals surface area contributed by atoms with Gasteiger partial charge in [0.25, 0.3) is 0 Å². The van der Waals surface area contributed by atoms with Crippen molar-refractivity contribution < 1.29 is 9.53 Å². The zero-order valence-corrected chi connectivity index (χ0v) is 11.9. The Morgan fingerprint density at radius 3 is 2.58 bits per heavy atom. The number of benzene rings is 1. The number of halogens is 2. The highest BCUT2D eigenvalue weighted by Crippen LogP contribution is 2.35. The van der Waals surface area contributed by atoms with Crippen LogP contribution in [0.3, 0.4) is 0 Å². The number of Topliss-reactive ketones (excluding diaryl/α,β-unsaturated/α-hetero) is 1. The molecule has 1 aliphatic heterocycles. The lowest BCUT2D eigenvalue weighted by atomic mass is 9.87. The van der Waals surface area contributed by atoms with Gasteiger partial charge in [0.1, 0.15) is 5.92 Å². The lowest BCUT2D eigenvalue weighted by molar-refractivity contribution is -0.123. The number of ketones is 1. The van der Waals surface area contributed by atoms with Crippen LogP contribution in [-0.4, -0.2) is 18.5 Å². The van der Waals surface area contributed by atoms with Crippen LogP contribution in [0.1, 0.15) is 24.8 Å². The Labute approximate surface area is 122 Å². The van der Waals surface area contributed by atoms with Crippen LogP contribution in [0.5, 0.6) is 0 Å². The van der Waals surface area contributed by atoms with Crippen molar-refractivity contribution in [1.82, 2.24) is 0 Å². The van der Waals surface area contributed by atoms with Gasteiger partial charge in [-0.15, -0.1) is 0 Å². The van der Waals surface area contributed by atoms with E-state index in [-0.39, 0.29) is 17.8 Å². The van der Waals surface area contributed by atoms with Crippen LogP contribution in [0.2, 0.25) is 10.0 Å². The van der Waals surface area contributed by atoms with Crippen molar-refractivity contribution in [2.24, 2.45) is 5.92 Å². The van der Waals surface area contributed by atoms with Gasteiger partial charge in [0, 0.05) is 21.5 Å². The summed E-state index contributed by atoms with van der Waals surface area (Å²) in [5.74, 6) is -1.35. The van der Waals surface area contributed by atoms with Crippen LogP contribution in [-0.2, 0) is 9.53 Å². The van der Waals surface area contributed by atoms with Gasteiger partial charge in [-0.25, -0.2) is 0 Å². The number of hydrogen-bond acceptors (Lipinski definition) is 3. The number of ether oxygens (including phenoxy) is 1. The molecule has 0 radical (unpaired) electrons. The quantitative estimate of drug-likeness (QED) is 0.856. The molecule has 1 heterocycles. The molecule has 1 fully saturated rings. The van der Waals surface area contributed by atoms with Gasteiger partial charge in [-0.05, 0) is 25.5 Å². The molecule has 5 heteroatoms. The normalized spacial score (nSPS) is 23.9. The Balaban J connectivity index is 2.30. The van der Waals surface area contributed by atoms with E-state index in [2.05, 4.69) is 0 Å². The molecule has 0 amide bonds. The highest BCUT2D eigenvalue weighted by molar-refractivity contribution is 6.36. The average Bonchev–Trinajstić information content (AvgIpc) is 2.80. The Bertz CT molecular complexity index is 518. The summed E-state index contributed by atoms with van der Waals surface area (Å²) in [5.41, 5.74) is 0.401. The molecule has 1 aromatic carbocycles. The number of nitriles is 1. The van der Waals surface area contributed by atoms with Crippen molar-refractivity contribution in [1.29, 1.82) is 5.26 Å². The minimum absolute atomic E-state index is 0.0509. The first-order valence-corrected chi connectivity index (χ1v) is 6.79. The van der Waals surface area contributed by atoms with Crippen molar-refractivity contribution in [2.75, 3.05) is 6.61 Å². The third-order valence-electron chi connectivity index (χ3n) is 3.30. The van der Waals surface area contributed by atoms with E-state index >= 15 is 0 Å². The molecule has 0 aromatic heterocycles. The summed E-state index contributed by atoms with van der Waals surface area (Å²) in [7, 11) is 0. The summed E-state index contributed by atoms with van der Waals surface area (Å²) in [6, 6.07) is 6.97. The third kappa shape index (κ3) is 2.92. The van der Waals surface area contributed by atoms with Crippen LogP contribution in [0, 0.1) is 17.2 Å². The first-order chi connectivity index (χ1) is 9.04.